The number of fused-ring (bicyclic) bond motifs is 1. The Hall–Kier alpha value is -2.14. The van der Waals surface area contributed by atoms with Gasteiger partial charge in [0.15, 0.2) is 0 Å². The lowest BCUT2D eigenvalue weighted by molar-refractivity contribution is 0.491. The lowest BCUT2D eigenvalue weighted by Gasteiger charge is -2.20. The molecule has 0 saturated heterocycles. The molecule has 0 bridgehead atoms. The third-order valence-corrected chi connectivity index (χ3v) is 7.39. The van der Waals surface area contributed by atoms with Gasteiger partial charge in [-0.05, 0) is 56.5 Å². The van der Waals surface area contributed by atoms with Crippen LogP contribution in [0.3, 0.4) is 0 Å². The van der Waals surface area contributed by atoms with Crippen molar-refractivity contribution in [2.75, 3.05) is 0 Å². The van der Waals surface area contributed by atoms with E-state index in [-0.39, 0.29) is 6.04 Å². The lowest BCUT2D eigenvalue weighted by atomic mass is 10.1. The Bertz CT molecular complexity index is 1200. The van der Waals surface area contributed by atoms with Crippen molar-refractivity contribution in [3.63, 3.8) is 0 Å². The van der Waals surface area contributed by atoms with Crippen molar-refractivity contribution in [1.82, 2.24) is 9.29 Å². The molecule has 2 aromatic carbocycles. The zero-order chi connectivity index (χ0) is 21.3. The van der Waals surface area contributed by atoms with E-state index >= 15 is 0 Å². The molecule has 7 heteroatoms. The molecule has 1 heterocycles. The Morgan fingerprint density at radius 2 is 1.83 bits per heavy atom. The first-order valence-electron chi connectivity index (χ1n) is 9.45. The zero-order valence-corrected chi connectivity index (χ0v) is 19.4. The smallest absolute Gasteiger partial charge is 0.241 e. The summed E-state index contributed by atoms with van der Waals surface area (Å²) in [7, 11) is -3.66. The van der Waals surface area contributed by atoms with Gasteiger partial charge in [0.2, 0.25) is 10.0 Å². The van der Waals surface area contributed by atoms with E-state index in [1.807, 2.05) is 62.6 Å². The number of hydrogen-bond acceptors (Lipinski definition) is 3. The normalized spacial score (nSPS) is 12.8. The van der Waals surface area contributed by atoms with Gasteiger partial charge in [0.1, 0.15) is 6.07 Å². The summed E-state index contributed by atoms with van der Waals surface area (Å²) in [6.07, 6.45) is 2.41. The van der Waals surface area contributed by atoms with Crippen LogP contribution in [0.15, 0.2) is 45.9 Å². The van der Waals surface area contributed by atoms with Gasteiger partial charge in [-0.15, -0.1) is 0 Å². The van der Waals surface area contributed by atoms with Gasteiger partial charge in [0, 0.05) is 34.2 Å². The minimum atomic E-state index is -3.66. The van der Waals surface area contributed by atoms with Crippen LogP contribution in [0.25, 0.3) is 10.9 Å². The average molecular weight is 474 g/mol. The minimum Gasteiger partial charge on any atom is -0.345 e. The van der Waals surface area contributed by atoms with Gasteiger partial charge in [-0.2, -0.15) is 5.26 Å². The molecule has 3 aromatic rings. The van der Waals surface area contributed by atoms with Crippen molar-refractivity contribution in [2.24, 2.45) is 0 Å². The number of aryl methyl sites for hydroxylation is 3. The molecule has 0 aliphatic heterocycles. The topological polar surface area (TPSA) is 74.9 Å². The molecular formula is C22H24BrN3O2S. The molecule has 0 aliphatic rings. The zero-order valence-electron chi connectivity index (χ0n) is 17.0. The molecule has 0 spiro atoms. The molecule has 29 heavy (non-hydrogen) atoms. The molecule has 1 unspecified atom stereocenters. The van der Waals surface area contributed by atoms with Crippen molar-refractivity contribution in [1.29, 1.82) is 5.26 Å². The van der Waals surface area contributed by atoms with Gasteiger partial charge in [0.25, 0.3) is 0 Å². The first kappa shape index (κ1) is 21.6. The maximum atomic E-state index is 13.1. The number of rotatable bonds is 6. The van der Waals surface area contributed by atoms with Crippen LogP contribution in [0.2, 0.25) is 0 Å². The summed E-state index contributed by atoms with van der Waals surface area (Å²) in [4.78, 5) is 0.348. The Morgan fingerprint density at radius 1 is 1.17 bits per heavy atom. The second-order valence-corrected chi connectivity index (χ2v) is 9.99. The Balaban J connectivity index is 1.94. The van der Waals surface area contributed by atoms with Crippen molar-refractivity contribution in [3.8, 4) is 6.07 Å². The van der Waals surface area contributed by atoms with Crippen molar-refractivity contribution in [3.05, 3.63) is 63.3 Å². The molecule has 0 amide bonds. The molecule has 0 fully saturated rings. The summed E-state index contributed by atoms with van der Waals surface area (Å²) in [5, 5.41) is 10.3. The third kappa shape index (κ3) is 4.40. The Morgan fingerprint density at radius 3 is 2.41 bits per heavy atom. The van der Waals surface area contributed by atoms with Crippen LogP contribution in [0.1, 0.15) is 35.6 Å². The van der Waals surface area contributed by atoms with Crippen LogP contribution in [-0.4, -0.2) is 19.0 Å². The number of hydrogen-bond donors (Lipinski definition) is 1. The summed E-state index contributed by atoms with van der Waals surface area (Å²) >= 11 is 3.44. The third-order valence-electron chi connectivity index (χ3n) is 5.07. The standard InChI is InChI=1S/C22H24BrN3O2S/c1-5-19(25-29(27,28)22-15(3)8-14(2)9-16(22)4)13-26-12-17(11-24)20-10-18(23)6-7-21(20)26/h6-10,12,19,25H,5,13H2,1-4H3. The highest BCUT2D eigenvalue weighted by molar-refractivity contribution is 9.10. The quantitative estimate of drug-likeness (QED) is 0.549. The van der Waals surface area contributed by atoms with E-state index in [0.29, 0.717) is 23.4 Å². The second kappa shape index (κ2) is 8.31. The van der Waals surface area contributed by atoms with E-state index < -0.39 is 10.0 Å². The lowest BCUT2D eigenvalue weighted by Crippen LogP contribution is -2.38. The number of aromatic nitrogens is 1. The highest BCUT2D eigenvalue weighted by Gasteiger charge is 2.24. The SMILES string of the molecule is CCC(Cn1cc(C#N)c2cc(Br)ccc21)NS(=O)(=O)c1c(C)cc(C)cc1C. The molecule has 1 atom stereocenters. The molecule has 1 aromatic heterocycles. The number of nitrogens with zero attached hydrogens (tertiary/aromatic N) is 2. The highest BCUT2D eigenvalue weighted by atomic mass is 79.9. The van der Waals surface area contributed by atoms with Crippen molar-refractivity contribution in [2.45, 2.75) is 51.6 Å². The van der Waals surface area contributed by atoms with Crippen LogP contribution in [0.5, 0.6) is 0 Å². The molecule has 1 N–H and O–H groups in total. The Kier molecular flexibility index (Phi) is 6.18. The van der Waals surface area contributed by atoms with E-state index in [1.165, 1.54) is 0 Å². The van der Waals surface area contributed by atoms with E-state index in [2.05, 4.69) is 26.7 Å². The predicted octanol–water partition coefficient (Wildman–Crippen LogP) is 4.96. The summed E-state index contributed by atoms with van der Waals surface area (Å²) < 4.78 is 32.0. The van der Waals surface area contributed by atoms with Gasteiger partial charge < -0.3 is 4.57 Å². The van der Waals surface area contributed by atoms with Crippen LogP contribution >= 0.6 is 15.9 Å². The summed E-state index contributed by atoms with van der Waals surface area (Å²) in [5.41, 5.74) is 4.01. The van der Waals surface area contributed by atoms with Gasteiger partial charge in [0.05, 0.1) is 10.5 Å². The second-order valence-electron chi connectivity index (χ2n) is 7.42. The van der Waals surface area contributed by atoms with Crippen LogP contribution in [-0.2, 0) is 16.6 Å². The summed E-state index contributed by atoms with van der Waals surface area (Å²) in [6.45, 7) is 8.01. The Labute approximate surface area is 180 Å². The molecular weight excluding hydrogens is 450 g/mol. The van der Waals surface area contributed by atoms with Crippen LogP contribution in [0.4, 0.5) is 0 Å². The molecule has 3 rings (SSSR count). The van der Waals surface area contributed by atoms with E-state index in [0.717, 1.165) is 32.1 Å². The predicted molar refractivity (Wildman–Crippen MR) is 119 cm³/mol. The highest BCUT2D eigenvalue weighted by Crippen LogP contribution is 2.26. The first-order valence-corrected chi connectivity index (χ1v) is 11.7. The number of benzene rings is 2. The fourth-order valence-electron chi connectivity index (χ4n) is 3.87. The molecule has 152 valence electrons. The maximum Gasteiger partial charge on any atom is 0.241 e. The van der Waals surface area contributed by atoms with Crippen LogP contribution in [0, 0.1) is 32.1 Å². The van der Waals surface area contributed by atoms with E-state index in [1.54, 1.807) is 6.20 Å². The van der Waals surface area contributed by atoms with E-state index in [9.17, 15) is 13.7 Å². The molecule has 5 nitrogen and oxygen atoms in total. The number of nitriles is 1. The maximum absolute atomic E-state index is 13.1. The fraction of sp³-hybridized carbons (Fsp3) is 0.318. The van der Waals surface area contributed by atoms with Gasteiger partial charge >= 0.3 is 0 Å². The molecule has 0 aliphatic carbocycles. The van der Waals surface area contributed by atoms with Gasteiger partial charge in [-0.3, -0.25) is 0 Å². The van der Waals surface area contributed by atoms with Gasteiger partial charge in [-0.25, -0.2) is 13.1 Å². The number of halogens is 1. The fourth-order valence-corrected chi connectivity index (χ4v) is 5.99. The molecule has 0 radical (unpaired) electrons. The monoisotopic (exact) mass is 473 g/mol. The van der Waals surface area contributed by atoms with Crippen LogP contribution < -0.4 is 4.72 Å². The molecule has 0 saturated carbocycles. The van der Waals surface area contributed by atoms with Crippen molar-refractivity contribution < 1.29 is 8.42 Å². The average Bonchev–Trinajstić information content (AvgIpc) is 2.96. The minimum absolute atomic E-state index is 0.300. The van der Waals surface area contributed by atoms with Crippen molar-refractivity contribution >= 4 is 36.9 Å². The first-order chi connectivity index (χ1) is 13.7. The number of sulfonamides is 1. The number of nitrogens with one attached hydrogen (secondary N) is 1. The summed E-state index contributed by atoms with van der Waals surface area (Å²) in [5.74, 6) is 0. The van der Waals surface area contributed by atoms with E-state index in [4.69, 9.17) is 0 Å². The summed E-state index contributed by atoms with van der Waals surface area (Å²) in [6, 6.07) is 11.5. The largest absolute Gasteiger partial charge is 0.345 e. The van der Waals surface area contributed by atoms with Gasteiger partial charge in [-0.1, -0.05) is 40.5 Å².